The summed E-state index contributed by atoms with van der Waals surface area (Å²) >= 11 is 0. The molecule has 0 spiro atoms. The Balaban J connectivity index is 2.12. The van der Waals surface area contributed by atoms with Crippen LogP contribution in [0.15, 0.2) is 52.3 Å². The van der Waals surface area contributed by atoms with Crippen molar-refractivity contribution < 1.29 is 16.8 Å². The van der Waals surface area contributed by atoms with Gasteiger partial charge in [0.15, 0.2) is 19.7 Å². The molecule has 128 valence electrons. The normalized spacial score (nSPS) is 18.8. The third-order valence-corrected chi connectivity index (χ3v) is 8.22. The lowest BCUT2D eigenvalue weighted by Gasteiger charge is -2.20. The highest BCUT2D eigenvalue weighted by Crippen LogP contribution is 2.33. The number of benzene rings is 2. The number of rotatable bonds is 1. The van der Waals surface area contributed by atoms with Crippen LogP contribution < -0.4 is 0 Å². The maximum Gasteiger partial charge on any atom is 0.180 e. The SMILES string of the molecule is CC(C)(C)c1ccc(-c2ccc3c(c2)S(=O)(=O)CCS3(=O)=O)cc1. The van der Waals surface area contributed by atoms with Gasteiger partial charge >= 0.3 is 0 Å². The average molecular weight is 364 g/mol. The first-order valence-corrected chi connectivity index (χ1v) is 11.0. The van der Waals surface area contributed by atoms with Crippen molar-refractivity contribution in [3.63, 3.8) is 0 Å². The van der Waals surface area contributed by atoms with Gasteiger partial charge < -0.3 is 0 Å². The van der Waals surface area contributed by atoms with Gasteiger partial charge in [0.1, 0.15) is 0 Å². The fraction of sp³-hybridized carbons (Fsp3) is 0.333. The summed E-state index contributed by atoms with van der Waals surface area (Å²) in [5, 5.41) is 0. The van der Waals surface area contributed by atoms with Crippen molar-refractivity contribution in [2.75, 3.05) is 11.5 Å². The van der Waals surface area contributed by atoms with E-state index in [1.165, 1.54) is 17.7 Å². The molecule has 2 aromatic rings. The summed E-state index contributed by atoms with van der Waals surface area (Å²) in [6.07, 6.45) is 0. The van der Waals surface area contributed by atoms with Crippen LogP contribution in [0, 0.1) is 0 Å². The summed E-state index contributed by atoms with van der Waals surface area (Å²) < 4.78 is 48.7. The Kier molecular flexibility index (Phi) is 3.88. The number of fused-ring (bicyclic) bond motifs is 1. The molecule has 0 saturated heterocycles. The van der Waals surface area contributed by atoms with E-state index in [0.717, 1.165) is 5.56 Å². The van der Waals surface area contributed by atoms with E-state index in [4.69, 9.17) is 0 Å². The Morgan fingerprint density at radius 3 is 1.75 bits per heavy atom. The molecule has 0 unspecified atom stereocenters. The topological polar surface area (TPSA) is 68.3 Å². The van der Waals surface area contributed by atoms with Crippen molar-refractivity contribution in [2.45, 2.75) is 36.0 Å². The first-order chi connectivity index (χ1) is 11.0. The smallest absolute Gasteiger partial charge is 0.180 e. The lowest BCUT2D eigenvalue weighted by molar-refractivity contribution is 0.575. The molecule has 2 aromatic carbocycles. The summed E-state index contributed by atoms with van der Waals surface area (Å²) in [6, 6.07) is 12.5. The van der Waals surface area contributed by atoms with Gasteiger partial charge in [0, 0.05) is 0 Å². The van der Waals surface area contributed by atoms with Crippen LogP contribution in [0.25, 0.3) is 11.1 Å². The molecule has 0 atom stereocenters. The molecule has 0 N–H and O–H groups in total. The minimum absolute atomic E-state index is 0.0335. The number of hydrogen-bond donors (Lipinski definition) is 0. The molecule has 1 aliphatic rings. The summed E-state index contributed by atoms with van der Waals surface area (Å²) in [7, 11) is -7.07. The monoisotopic (exact) mass is 364 g/mol. The maximum atomic E-state index is 12.3. The van der Waals surface area contributed by atoms with Gasteiger partial charge in [0.25, 0.3) is 0 Å². The molecular formula is C18H20O4S2. The van der Waals surface area contributed by atoms with Crippen LogP contribution in [0.4, 0.5) is 0 Å². The van der Waals surface area contributed by atoms with Crippen molar-refractivity contribution in [3.05, 3.63) is 48.0 Å². The van der Waals surface area contributed by atoms with E-state index in [2.05, 4.69) is 20.8 Å². The standard InChI is InChI=1S/C18H20O4S2/c1-18(2,3)15-7-4-13(5-8-15)14-6-9-16-17(12-14)24(21,22)11-10-23(16,19)20/h4-9,12H,10-11H2,1-3H3. The second-order valence-electron chi connectivity index (χ2n) is 7.13. The Hall–Kier alpha value is -1.66. The van der Waals surface area contributed by atoms with Crippen molar-refractivity contribution >= 4 is 19.7 Å². The van der Waals surface area contributed by atoms with E-state index < -0.39 is 19.7 Å². The van der Waals surface area contributed by atoms with Gasteiger partial charge in [-0.2, -0.15) is 0 Å². The highest BCUT2D eigenvalue weighted by molar-refractivity contribution is 7.97. The van der Waals surface area contributed by atoms with Crippen molar-refractivity contribution in [3.8, 4) is 11.1 Å². The molecule has 0 saturated carbocycles. The molecule has 1 aliphatic heterocycles. The fourth-order valence-corrected chi connectivity index (χ4v) is 7.07. The molecule has 1 heterocycles. The molecule has 6 heteroatoms. The minimum atomic E-state index is -3.55. The van der Waals surface area contributed by atoms with Crippen LogP contribution in [-0.2, 0) is 25.1 Å². The van der Waals surface area contributed by atoms with E-state index in [0.29, 0.717) is 5.56 Å². The van der Waals surface area contributed by atoms with Gasteiger partial charge in [-0.15, -0.1) is 0 Å². The third-order valence-electron chi connectivity index (χ3n) is 4.32. The van der Waals surface area contributed by atoms with Gasteiger partial charge in [-0.1, -0.05) is 51.1 Å². The first-order valence-electron chi connectivity index (χ1n) is 7.71. The van der Waals surface area contributed by atoms with Crippen molar-refractivity contribution in [1.29, 1.82) is 0 Å². The molecule has 0 radical (unpaired) electrons. The first kappa shape index (κ1) is 17.2. The van der Waals surface area contributed by atoms with Gasteiger partial charge in [-0.25, -0.2) is 16.8 Å². The molecular weight excluding hydrogens is 344 g/mol. The minimum Gasteiger partial charge on any atom is -0.224 e. The van der Waals surface area contributed by atoms with Crippen LogP contribution in [0.2, 0.25) is 0 Å². The lowest BCUT2D eigenvalue weighted by Crippen LogP contribution is -2.25. The largest absolute Gasteiger partial charge is 0.224 e. The summed E-state index contributed by atoms with van der Waals surface area (Å²) in [5.41, 5.74) is 2.78. The van der Waals surface area contributed by atoms with Crippen molar-refractivity contribution in [2.24, 2.45) is 0 Å². The van der Waals surface area contributed by atoms with Crippen LogP contribution in [0.5, 0.6) is 0 Å². The van der Waals surface area contributed by atoms with E-state index in [-0.39, 0.29) is 26.7 Å². The highest BCUT2D eigenvalue weighted by Gasteiger charge is 2.33. The zero-order valence-corrected chi connectivity index (χ0v) is 15.5. The number of hydrogen-bond acceptors (Lipinski definition) is 4. The second-order valence-corrected chi connectivity index (χ2v) is 11.3. The molecule has 0 aliphatic carbocycles. The second kappa shape index (κ2) is 5.43. The van der Waals surface area contributed by atoms with E-state index in [1.807, 2.05) is 24.3 Å². The van der Waals surface area contributed by atoms with Gasteiger partial charge in [0.2, 0.25) is 0 Å². The van der Waals surface area contributed by atoms with Gasteiger partial charge in [-0.3, -0.25) is 0 Å². The lowest BCUT2D eigenvalue weighted by atomic mass is 9.86. The quantitative estimate of drug-likeness (QED) is 0.779. The molecule has 0 bridgehead atoms. The van der Waals surface area contributed by atoms with Crippen LogP contribution in [0.1, 0.15) is 26.3 Å². The Labute approximate surface area is 143 Å². The Bertz CT molecular complexity index is 994. The zero-order valence-electron chi connectivity index (χ0n) is 13.9. The van der Waals surface area contributed by atoms with Gasteiger partial charge in [0.05, 0.1) is 21.3 Å². The predicted octanol–water partition coefficient (Wildman–Crippen LogP) is 3.21. The summed E-state index contributed by atoms with van der Waals surface area (Å²) in [4.78, 5) is -0.157. The summed E-state index contributed by atoms with van der Waals surface area (Å²) in [5.74, 6) is -0.698. The van der Waals surface area contributed by atoms with Crippen molar-refractivity contribution in [1.82, 2.24) is 0 Å². The third kappa shape index (κ3) is 3.00. The highest BCUT2D eigenvalue weighted by atomic mass is 32.2. The van der Waals surface area contributed by atoms with Crippen LogP contribution >= 0.6 is 0 Å². The average Bonchev–Trinajstić information content (AvgIpc) is 2.51. The van der Waals surface area contributed by atoms with Crippen LogP contribution in [0.3, 0.4) is 0 Å². The predicted molar refractivity (Wildman–Crippen MR) is 94.7 cm³/mol. The maximum absolute atomic E-state index is 12.3. The zero-order chi connectivity index (χ0) is 17.8. The van der Waals surface area contributed by atoms with E-state index in [9.17, 15) is 16.8 Å². The van der Waals surface area contributed by atoms with Gasteiger partial charge in [-0.05, 0) is 34.2 Å². The van der Waals surface area contributed by atoms with E-state index >= 15 is 0 Å². The van der Waals surface area contributed by atoms with Crippen LogP contribution in [-0.4, -0.2) is 28.3 Å². The van der Waals surface area contributed by atoms with E-state index in [1.54, 1.807) is 6.07 Å². The molecule has 4 nitrogen and oxygen atoms in total. The Morgan fingerprint density at radius 1 is 0.708 bits per heavy atom. The number of sulfone groups is 2. The molecule has 24 heavy (non-hydrogen) atoms. The molecule has 0 fully saturated rings. The Morgan fingerprint density at radius 2 is 1.21 bits per heavy atom. The summed E-state index contributed by atoms with van der Waals surface area (Å²) in [6.45, 7) is 6.37. The molecule has 3 rings (SSSR count). The molecule has 0 amide bonds. The molecule has 0 aromatic heterocycles. The fourth-order valence-electron chi connectivity index (χ4n) is 2.79.